The highest BCUT2D eigenvalue weighted by molar-refractivity contribution is 5.79. The second kappa shape index (κ2) is 65.3. The van der Waals surface area contributed by atoms with Gasteiger partial charge in [-0.2, -0.15) is 0 Å². The number of carbonyl (C=O) groups is 7. The number of aliphatic hydroxyl groups is 22. The Morgan fingerprint density at radius 1 is 0.363 bits per heavy atom. The molecule has 7 saturated heterocycles. The van der Waals surface area contributed by atoms with Crippen LogP contribution in [0.25, 0.3) is 0 Å². The number of nitrogens with one attached hydrogen (secondary N) is 5. The molecule has 0 radical (unpaired) electrons. The average Bonchev–Trinajstić information content (AvgIpc) is 0.740. The zero-order chi connectivity index (χ0) is 108. The van der Waals surface area contributed by atoms with Crippen LogP contribution in [-0.4, -0.2) is 462 Å². The summed E-state index contributed by atoms with van der Waals surface area (Å²) in [4.78, 5) is 94.2. The SMILES string of the molecule is CCCCCCCCCCCCC/C=C/[C@@H](O)[C@H](CO[C@@H]1OC(CO)[C@@H](O[C@@H]2OC(CO)[C@H](O[C@@H]3OC(CO)[C@H](O)[C@H](O[C@@H]4OC(CO)[C@H](O[C@@H]5OC(CO)[C@H](O)[C@H](O)C5NC(C)=O)[C@H](O[C@]5(C(=O)O)CC(O)[C@@H](NC(C)=O)C([C@H](O)[C@H](O)CO)O5)C4O)C3NC(C)=O)[C@H](O[C@]3(C(=O)O)CC(O)[C@@H](NC(=O)CO)C([C@H](O)[C@H](O)CO)O3)C2O)[C@H](O)C1O)NC(=O)CCCCCCCCCCCCCCCCCCCCC. The summed E-state index contributed by atoms with van der Waals surface area (Å²) in [5, 5.41) is 286. The fraction of sp³-hybridized carbons (Fsp3) is 0.906. The first kappa shape index (κ1) is 127. The van der Waals surface area contributed by atoms with Crippen LogP contribution in [0.4, 0.5) is 0 Å². The van der Waals surface area contributed by atoms with Gasteiger partial charge in [0, 0.05) is 40.0 Å². The van der Waals surface area contributed by atoms with Crippen molar-refractivity contribution in [2.45, 2.75) is 491 Å². The Labute approximate surface area is 849 Å². The van der Waals surface area contributed by atoms with E-state index in [1.54, 1.807) is 6.08 Å². The molecule has 7 fully saturated rings. The Balaban J connectivity index is 1.21. The second-order valence-corrected chi connectivity index (χ2v) is 39.2. The van der Waals surface area contributed by atoms with E-state index in [0.717, 1.165) is 97.8 Å². The van der Waals surface area contributed by atoms with Crippen molar-refractivity contribution in [3.63, 3.8) is 0 Å². The maximum atomic E-state index is 14.2. The summed E-state index contributed by atoms with van der Waals surface area (Å²) in [6.45, 7) is -3.95. The largest absolute Gasteiger partial charge is 0.477 e. The third-order valence-electron chi connectivity index (χ3n) is 27.7. The van der Waals surface area contributed by atoms with Gasteiger partial charge in [0.2, 0.25) is 29.5 Å². The fourth-order valence-electron chi connectivity index (χ4n) is 19.5. The van der Waals surface area contributed by atoms with Crippen molar-refractivity contribution in [2.75, 3.05) is 59.5 Å². The van der Waals surface area contributed by atoms with Gasteiger partial charge in [0.15, 0.2) is 31.5 Å². The molecular formula is C96H169N5O45. The van der Waals surface area contributed by atoms with E-state index >= 15 is 0 Å². The lowest BCUT2D eigenvalue weighted by Gasteiger charge is -2.53. The Hall–Kier alpha value is -5.41. The van der Waals surface area contributed by atoms with Gasteiger partial charge in [-0.3, -0.25) is 24.0 Å². The van der Waals surface area contributed by atoms with Gasteiger partial charge in [0.1, 0.15) is 165 Å². The molecule has 848 valence electrons. The van der Waals surface area contributed by atoms with Crippen LogP contribution in [-0.2, 0) is 99.9 Å². The van der Waals surface area contributed by atoms with Crippen molar-refractivity contribution in [1.29, 1.82) is 0 Å². The molecule has 29 N–H and O–H groups in total. The molecule has 7 aliphatic heterocycles. The van der Waals surface area contributed by atoms with E-state index in [-0.39, 0.29) is 6.42 Å². The van der Waals surface area contributed by atoms with Gasteiger partial charge >= 0.3 is 11.9 Å². The highest BCUT2D eigenvalue weighted by atomic mass is 16.8. The molecule has 7 aliphatic rings. The highest BCUT2D eigenvalue weighted by Gasteiger charge is 2.65. The number of hydrogen-bond donors (Lipinski definition) is 29. The van der Waals surface area contributed by atoms with Crippen molar-refractivity contribution in [1.82, 2.24) is 26.6 Å². The Morgan fingerprint density at radius 2 is 0.712 bits per heavy atom. The molecule has 146 heavy (non-hydrogen) atoms. The van der Waals surface area contributed by atoms with Crippen molar-refractivity contribution < 1.29 is 222 Å². The summed E-state index contributed by atoms with van der Waals surface area (Å²) in [6.07, 6.45) is -39.2. The topological polar surface area (TPSA) is 794 Å². The first-order valence-corrected chi connectivity index (χ1v) is 51.9. The molecule has 0 aromatic carbocycles. The lowest BCUT2D eigenvalue weighted by molar-refractivity contribution is -0.408. The Bertz CT molecular complexity index is 3770. The van der Waals surface area contributed by atoms with Crippen LogP contribution in [0.3, 0.4) is 0 Å². The molecule has 7 heterocycles. The van der Waals surface area contributed by atoms with Crippen LogP contribution in [0.15, 0.2) is 12.2 Å². The summed E-state index contributed by atoms with van der Waals surface area (Å²) in [6, 6.07) is -9.37. The van der Waals surface area contributed by atoms with Gasteiger partial charge in [0.25, 0.3) is 11.6 Å². The molecular weight excluding hydrogens is 1940 g/mol. The summed E-state index contributed by atoms with van der Waals surface area (Å²) in [5.41, 5.74) is 0. The van der Waals surface area contributed by atoms with Gasteiger partial charge in [-0.05, 0) is 19.3 Å². The van der Waals surface area contributed by atoms with E-state index in [9.17, 15) is 156 Å². The lowest BCUT2D eigenvalue weighted by atomic mass is 9.88. The van der Waals surface area contributed by atoms with Crippen LogP contribution < -0.4 is 26.6 Å². The first-order valence-electron chi connectivity index (χ1n) is 51.9. The van der Waals surface area contributed by atoms with Crippen molar-refractivity contribution >= 4 is 41.5 Å². The molecule has 5 amide bonds. The molecule has 0 aliphatic carbocycles. The van der Waals surface area contributed by atoms with E-state index in [1.807, 2.05) is 0 Å². The van der Waals surface area contributed by atoms with Gasteiger partial charge in [-0.1, -0.05) is 206 Å². The van der Waals surface area contributed by atoms with Gasteiger partial charge in [-0.25, -0.2) is 9.59 Å². The predicted octanol–water partition coefficient (Wildman–Crippen LogP) is -5.37. The Morgan fingerprint density at radius 3 is 1.11 bits per heavy atom. The zero-order valence-electron chi connectivity index (χ0n) is 84.2. The molecule has 0 saturated carbocycles. The summed E-state index contributed by atoms with van der Waals surface area (Å²) < 4.78 is 85.9. The first-order chi connectivity index (χ1) is 69.7. The van der Waals surface area contributed by atoms with Gasteiger partial charge < -0.3 is 215 Å². The second-order valence-electron chi connectivity index (χ2n) is 39.2. The standard InChI is InChI=1S/C96H169N5O45/c1-6-8-10-12-14-16-18-20-21-22-23-24-25-27-29-31-33-35-37-39-65(118)100-54(55(113)38-36-34-32-30-28-26-19-17-15-13-11-9-7-2)50-133-90-77(126)76(125)80(62(46-106)136-90)139-91-78(127)86(145-96(94(131)132)41-57(115)68(101-66(119)49-109)85(144-96)72(121)59(117)43-103)82(64(48-108)137-91)141-89-70(99-53(5)112)83(74(123)61(45-105)135-89)142-92-79(128)87(81(63(47-107)138-92)140-88-69(98-52(4)111)75(124)73(122)60(44-104)134-88)146-95(93(129)130)40-56(114)67(97-51(3)110)84(143-95)71(120)58(116)42-102/h36,38,54-64,67-92,102-109,113-117,120-128H,6-35,37,39-50H2,1-5H3,(H,97,110)(H,98,111)(H,99,112)(H,100,118)(H,101,119)(H,129,130)(H,131,132)/b38-36+/t54-,55+,56?,57?,58+,59+,60?,61?,62?,63?,64?,67+,68+,69?,70?,71+,72+,73-,74-,75+,76+,77?,78?,79?,80+,81-,82-,83+,84?,85?,86+,87+,88-,89-,90+,91-,92-,95-,96-/m0/s1. The number of aliphatic carboxylic acids is 2. The van der Waals surface area contributed by atoms with E-state index in [2.05, 4.69) is 40.4 Å². The number of allylic oxidation sites excluding steroid dienone is 1. The van der Waals surface area contributed by atoms with E-state index in [1.165, 1.54) is 115 Å². The van der Waals surface area contributed by atoms with Crippen molar-refractivity contribution in [2.24, 2.45) is 0 Å². The minimum absolute atomic E-state index is 0.0672. The maximum Gasteiger partial charge on any atom is 0.364 e. The number of carboxylic acids is 2. The van der Waals surface area contributed by atoms with Crippen molar-refractivity contribution in [3.8, 4) is 0 Å². The third kappa shape index (κ3) is 37.2. The number of hydrogen-bond acceptors (Lipinski definition) is 43. The number of amides is 5. The maximum absolute atomic E-state index is 14.2. The lowest BCUT2D eigenvalue weighted by Crippen LogP contribution is -2.73. The molecule has 0 spiro atoms. The summed E-state index contributed by atoms with van der Waals surface area (Å²) in [5.74, 6) is -16.6. The van der Waals surface area contributed by atoms with Gasteiger partial charge in [0.05, 0.1) is 89.3 Å². The number of rotatable bonds is 68. The van der Waals surface area contributed by atoms with E-state index < -0.39 is 352 Å². The van der Waals surface area contributed by atoms with Crippen LogP contribution in [0.2, 0.25) is 0 Å². The number of ether oxygens (including phenoxy) is 14. The molecule has 39 atom stereocenters. The zero-order valence-corrected chi connectivity index (χ0v) is 84.2. The predicted molar refractivity (Wildman–Crippen MR) is 504 cm³/mol. The monoisotopic (exact) mass is 2110 g/mol. The molecule has 50 heteroatoms. The number of carbonyl (C=O) groups excluding carboxylic acids is 5. The Kier molecular flexibility index (Phi) is 57.0. The molecule has 7 rings (SSSR count). The van der Waals surface area contributed by atoms with Crippen LogP contribution in [0, 0.1) is 0 Å². The van der Waals surface area contributed by atoms with Crippen LogP contribution in [0.1, 0.15) is 253 Å². The normalized spacial score (nSPS) is 35.2. The van der Waals surface area contributed by atoms with Crippen LogP contribution >= 0.6 is 0 Å². The minimum atomic E-state index is -3.63. The summed E-state index contributed by atoms with van der Waals surface area (Å²) >= 11 is 0. The number of carboxylic acid groups (broad SMARTS) is 2. The smallest absolute Gasteiger partial charge is 0.364 e. The number of aliphatic hydroxyl groups excluding tert-OH is 22. The molecule has 0 aromatic rings. The highest BCUT2D eigenvalue weighted by Crippen LogP contribution is 2.45. The molecule has 50 nitrogen and oxygen atoms in total. The molecule has 14 unspecified atom stereocenters. The molecule has 0 bridgehead atoms. The van der Waals surface area contributed by atoms with Gasteiger partial charge in [-0.15, -0.1) is 0 Å². The van der Waals surface area contributed by atoms with E-state index in [0.29, 0.717) is 12.8 Å². The quantitative estimate of drug-likeness (QED) is 0.0200. The van der Waals surface area contributed by atoms with Crippen molar-refractivity contribution in [3.05, 3.63) is 12.2 Å². The molecule has 0 aromatic heterocycles. The van der Waals surface area contributed by atoms with E-state index in [4.69, 9.17) is 66.3 Å². The minimum Gasteiger partial charge on any atom is -0.477 e. The third-order valence-corrected chi connectivity index (χ3v) is 27.7. The fourth-order valence-corrected chi connectivity index (χ4v) is 19.5. The average molecular weight is 2110 g/mol. The number of unbranched alkanes of at least 4 members (excludes halogenated alkanes) is 29. The van der Waals surface area contributed by atoms with Crippen LogP contribution in [0.5, 0.6) is 0 Å². The summed E-state index contributed by atoms with van der Waals surface area (Å²) in [7, 11) is 0.